The van der Waals surface area contributed by atoms with Crippen LogP contribution in [0.3, 0.4) is 0 Å². The second-order valence-electron chi connectivity index (χ2n) is 5.13. The molecule has 0 unspecified atom stereocenters. The fourth-order valence-corrected chi connectivity index (χ4v) is 2.50. The highest BCUT2D eigenvalue weighted by Crippen LogP contribution is 2.18. The molecule has 0 saturated carbocycles. The zero-order valence-electron chi connectivity index (χ0n) is 11.4. The van der Waals surface area contributed by atoms with Gasteiger partial charge in [-0.05, 0) is 43.9 Å². The maximum Gasteiger partial charge on any atom is 0.251 e. The Morgan fingerprint density at radius 1 is 1.24 bits per heavy atom. The van der Waals surface area contributed by atoms with Crippen molar-refractivity contribution in [3.05, 3.63) is 52.6 Å². The van der Waals surface area contributed by atoms with Gasteiger partial charge in [0.2, 0.25) is 0 Å². The first-order chi connectivity index (χ1) is 10.1. The Bertz CT molecular complexity index is 658. The van der Waals surface area contributed by atoms with Crippen molar-refractivity contribution < 1.29 is 13.6 Å². The highest BCUT2D eigenvalue weighted by atomic mass is 19.2. The number of fused-ring (bicyclic) bond motifs is 1. The molecule has 1 heterocycles. The number of nitrogens with zero attached hydrogens (tertiary/aromatic N) is 1. The number of carbonyl (C=O) groups excluding carboxylic acids is 1. The lowest BCUT2D eigenvalue weighted by Crippen LogP contribution is -2.23. The molecule has 0 radical (unpaired) electrons. The maximum absolute atomic E-state index is 13.1. The molecule has 3 rings (SSSR count). The van der Waals surface area contributed by atoms with Crippen molar-refractivity contribution in [2.45, 2.75) is 32.2 Å². The highest BCUT2D eigenvalue weighted by Gasteiger charge is 2.15. The van der Waals surface area contributed by atoms with Gasteiger partial charge >= 0.3 is 0 Å². The van der Waals surface area contributed by atoms with Crippen molar-refractivity contribution in [2.75, 3.05) is 0 Å². The number of halogens is 2. The van der Waals surface area contributed by atoms with Gasteiger partial charge in [0.15, 0.2) is 11.6 Å². The lowest BCUT2D eigenvalue weighted by atomic mass is 10.0. The number of benzene rings is 1. The zero-order chi connectivity index (χ0) is 14.8. The molecular formula is C15H15F2N3O. The van der Waals surface area contributed by atoms with E-state index >= 15 is 0 Å². The summed E-state index contributed by atoms with van der Waals surface area (Å²) in [5, 5.41) is 2.65. The van der Waals surface area contributed by atoms with Crippen LogP contribution < -0.4 is 5.32 Å². The summed E-state index contributed by atoms with van der Waals surface area (Å²) < 4.78 is 25.9. The van der Waals surface area contributed by atoms with Crippen LogP contribution in [0.15, 0.2) is 18.2 Å². The number of rotatable bonds is 3. The van der Waals surface area contributed by atoms with E-state index in [-0.39, 0.29) is 12.1 Å². The van der Waals surface area contributed by atoms with Crippen molar-refractivity contribution in [3.63, 3.8) is 0 Å². The van der Waals surface area contributed by atoms with Gasteiger partial charge < -0.3 is 10.3 Å². The van der Waals surface area contributed by atoms with E-state index in [1.165, 1.54) is 6.07 Å². The molecule has 0 atom stereocenters. The van der Waals surface area contributed by atoms with Gasteiger partial charge in [0.25, 0.3) is 5.91 Å². The minimum Gasteiger partial charge on any atom is -0.345 e. The summed E-state index contributed by atoms with van der Waals surface area (Å²) in [6.07, 6.45) is 4.23. The molecule has 0 fully saturated rings. The topological polar surface area (TPSA) is 57.8 Å². The van der Waals surface area contributed by atoms with Crippen molar-refractivity contribution >= 4 is 5.91 Å². The van der Waals surface area contributed by atoms with Crippen LogP contribution in [0.4, 0.5) is 8.78 Å². The average Bonchev–Trinajstić information content (AvgIpc) is 2.90. The van der Waals surface area contributed by atoms with Crippen molar-refractivity contribution in [1.29, 1.82) is 0 Å². The minimum absolute atomic E-state index is 0.0882. The van der Waals surface area contributed by atoms with E-state index in [2.05, 4.69) is 15.3 Å². The van der Waals surface area contributed by atoms with Gasteiger partial charge in [-0.3, -0.25) is 4.79 Å². The number of aryl methyl sites for hydroxylation is 2. The number of carbonyl (C=O) groups is 1. The molecule has 1 aliphatic rings. The third kappa shape index (κ3) is 2.94. The summed E-state index contributed by atoms with van der Waals surface area (Å²) in [7, 11) is 0. The van der Waals surface area contributed by atoms with Gasteiger partial charge in [0.05, 0.1) is 12.2 Å². The number of H-pyrrole nitrogens is 1. The van der Waals surface area contributed by atoms with Crippen LogP contribution in [0.2, 0.25) is 0 Å². The number of hydrogen-bond donors (Lipinski definition) is 2. The predicted octanol–water partition coefficient (Wildman–Crippen LogP) is 2.50. The Kier molecular flexibility index (Phi) is 3.68. The summed E-state index contributed by atoms with van der Waals surface area (Å²) in [5.74, 6) is -1.76. The second-order valence-corrected chi connectivity index (χ2v) is 5.13. The SMILES string of the molecule is O=C(NCc1nc2c([nH]1)CCCC2)c1ccc(F)c(F)c1. The molecule has 1 aromatic carbocycles. The predicted molar refractivity (Wildman–Crippen MR) is 72.8 cm³/mol. The molecule has 1 aliphatic carbocycles. The standard InChI is InChI=1S/C15H15F2N3O/c16-10-6-5-9(7-11(10)17)15(21)18-8-14-19-12-3-1-2-4-13(12)20-14/h5-7H,1-4,8H2,(H,18,21)(H,19,20). The van der Waals surface area contributed by atoms with Crippen molar-refractivity contribution in [1.82, 2.24) is 15.3 Å². The van der Waals surface area contributed by atoms with Crippen LogP contribution in [-0.2, 0) is 19.4 Å². The van der Waals surface area contributed by atoms with Gasteiger partial charge in [0, 0.05) is 11.3 Å². The number of amides is 1. The number of aromatic amines is 1. The maximum atomic E-state index is 13.1. The van der Waals surface area contributed by atoms with Crippen LogP contribution in [0.25, 0.3) is 0 Å². The third-order valence-electron chi connectivity index (χ3n) is 3.60. The molecule has 21 heavy (non-hydrogen) atoms. The molecule has 6 heteroatoms. The van der Waals surface area contributed by atoms with Gasteiger partial charge in [-0.25, -0.2) is 13.8 Å². The lowest BCUT2D eigenvalue weighted by Gasteiger charge is -2.07. The van der Waals surface area contributed by atoms with E-state index < -0.39 is 17.5 Å². The van der Waals surface area contributed by atoms with Crippen LogP contribution in [0.5, 0.6) is 0 Å². The lowest BCUT2D eigenvalue weighted by molar-refractivity contribution is 0.0949. The quantitative estimate of drug-likeness (QED) is 0.913. The molecular weight excluding hydrogens is 276 g/mol. The Balaban J connectivity index is 1.65. The Morgan fingerprint density at radius 2 is 2.05 bits per heavy atom. The first-order valence-corrected chi connectivity index (χ1v) is 6.93. The van der Waals surface area contributed by atoms with Crippen molar-refractivity contribution in [3.8, 4) is 0 Å². The smallest absolute Gasteiger partial charge is 0.251 e. The molecule has 1 amide bonds. The molecule has 110 valence electrons. The van der Waals surface area contributed by atoms with E-state index in [0.29, 0.717) is 5.82 Å². The molecule has 0 saturated heterocycles. The monoisotopic (exact) mass is 291 g/mol. The average molecular weight is 291 g/mol. The van der Waals surface area contributed by atoms with Crippen molar-refractivity contribution in [2.24, 2.45) is 0 Å². The third-order valence-corrected chi connectivity index (χ3v) is 3.60. The Hall–Kier alpha value is -2.24. The van der Waals surface area contributed by atoms with E-state index in [1.54, 1.807) is 0 Å². The second kappa shape index (κ2) is 5.63. The van der Waals surface area contributed by atoms with Gasteiger partial charge in [-0.2, -0.15) is 0 Å². The van der Waals surface area contributed by atoms with Crippen LogP contribution in [0.1, 0.15) is 40.4 Å². The van der Waals surface area contributed by atoms with E-state index in [0.717, 1.165) is 49.2 Å². The first kappa shape index (κ1) is 13.7. The molecule has 1 aromatic heterocycles. The van der Waals surface area contributed by atoms with E-state index in [4.69, 9.17) is 0 Å². The minimum atomic E-state index is -1.03. The molecule has 4 nitrogen and oxygen atoms in total. The Labute approximate surface area is 120 Å². The summed E-state index contributed by atoms with van der Waals surface area (Å²) in [4.78, 5) is 19.5. The number of aromatic nitrogens is 2. The molecule has 0 spiro atoms. The fraction of sp³-hybridized carbons (Fsp3) is 0.333. The number of imidazole rings is 1. The largest absolute Gasteiger partial charge is 0.345 e. The van der Waals surface area contributed by atoms with Crippen LogP contribution in [0, 0.1) is 11.6 Å². The Morgan fingerprint density at radius 3 is 2.81 bits per heavy atom. The number of hydrogen-bond acceptors (Lipinski definition) is 2. The zero-order valence-corrected chi connectivity index (χ0v) is 11.4. The summed E-state index contributed by atoms with van der Waals surface area (Å²) in [6, 6.07) is 3.08. The fourth-order valence-electron chi connectivity index (χ4n) is 2.50. The molecule has 0 bridgehead atoms. The highest BCUT2D eigenvalue weighted by molar-refractivity contribution is 5.94. The van der Waals surface area contributed by atoms with Crippen LogP contribution >= 0.6 is 0 Å². The molecule has 2 N–H and O–H groups in total. The normalized spacial score (nSPS) is 13.8. The molecule has 2 aromatic rings. The molecule has 0 aliphatic heterocycles. The van der Waals surface area contributed by atoms with Gasteiger partial charge in [-0.1, -0.05) is 0 Å². The summed E-state index contributed by atoms with van der Waals surface area (Å²) >= 11 is 0. The van der Waals surface area contributed by atoms with Gasteiger partial charge in [-0.15, -0.1) is 0 Å². The first-order valence-electron chi connectivity index (χ1n) is 6.93. The van der Waals surface area contributed by atoms with Gasteiger partial charge in [0.1, 0.15) is 5.82 Å². The summed E-state index contributed by atoms with van der Waals surface area (Å²) in [6.45, 7) is 0.241. The summed E-state index contributed by atoms with van der Waals surface area (Å²) in [5.41, 5.74) is 2.29. The number of nitrogens with one attached hydrogen (secondary N) is 2. The van der Waals surface area contributed by atoms with Crippen LogP contribution in [-0.4, -0.2) is 15.9 Å². The van der Waals surface area contributed by atoms with E-state index in [9.17, 15) is 13.6 Å². The van der Waals surface area contributed by atoms with E-state index in [1.807, 2.05) is 0 Å².